The highest BCUT2D eigenvalue weighted by molar-refractivity contribution is 5.76. The van der Waals surface area contributed by atoms with Crippen LogP contribution in [0.3, 0.4) is 0 Å². The van der Waals surface area contributed by atoms with Crippen LogP contribution in [-0.4, -0.2) is 9.97 Å². The molecule has 0 bridgehead atoms. The maximum absolute atomic E-state index is 13.4. The Balaban J connectivity index is 2.72. The lowest BCUT2D eigenvalue weighted by molar-refractivity contribution is 0.514. The van der Waals surface area contributed by atoms with Crippen LogP contribution in [0.4, 0.5) is 8.78 Å². The summed E-state index contributed by atoms with van der Waals surface area (Å²) in [6.45, 7) is 5.87. The van der Waals surface area contributed by atoms with E-state index >= 15 is 0 Å². The first-order chi connectivity index (χ1) is 6.89. The van der Waals surface area contributed by atoms with Crippen molar-refractivity contribution in [3.8, 4) is 0 Å². The Hall–Kier alpha value is -1.45. The molecule has 0 aliphatic rings. The van der Waals surface area contributed by atoms with Crippen LogP contribution in [0.5, 0.6) is 0 Å². The number of hydrogen-bond donors (Lipinski definition) is 1. The van der Waals surface area contributed by atoms with Crippen molar-refractivity contribution < 1.29 is 8.78 Å². The second kappa shape index (κ2) is 3.02. The van der Waals surface area contributed by atoms with E-state index in [0.717, 1.165) is 6.07 Å². The number of rotatable bonds is 0. The number of fused-ring (bicyclic) bond motifs is 1. The highest BCUT2D eigenvalue weighted by Gasteiger charge is 2.20. The van der Waals surface area contributed by atoms with Crippen molar-refractivity contribution in [1.29, 1.82) is 0 Å². The minimum Gasteiger partial charge on any atom is -0.339 e. The van der Waals surface area contributed by atoms with Crippen LogP contribution in [-0.2, 0) is 5.41 Å². The molecule has 0 aliphatic carbocycles. The fourth-order valence-electron chi connectivity index (χ4n) is 1.37. The minimum absolute atomic E-state index is 0.139. The fourth-order valence-corrected chi connectivity index (χ4v) is 1.37. The largest absolute Gasteiger partial charge is 0.339 e. The normalized spacial score (nSPS) is 12.3. The van der Waals surface area contributed by atoms with Crippen LogP contribution < -0.4 is 0 Å². The molecule has 1 aromatic heterocycles. The molecule has 0 unspecified atom stereocenters. The van der Waals surface area contributed by atoms with Crippen molar-refractivity contribution in [2.75, 3.05) is 0 Å². The first-order valence-corrected chi connectivity index (χ1v) is 4.74. The maximum Gasteiger partial charge on any atom is 0.184 e. The average molecular weight is 210 g/mol. The molecule has 4 heteroatoms. The van der Waals surface area contributed by atoms with Crippen LogP contribution in [0.1, 0.15) is 26.6 Å². The molecule has 0 aliphatic heterocycles. The molecule has 0 radical (unpaired) electrons. The summed E-state index contributed by atoms with van der Waals surface area (Å²) in [5.41, 5.74) is 0.390. The van der Waals surface area contributed by atoms with Crippen LogP contribution in [0.2, 0.25) is 0 Å². The van der Waals surface area contributed by atoms with Gasteiger partial charge in [0.25, 0.3) is 0 Å². The molecule has 2 nitrogen and oxygen atoms in total. The molecule has 0 amide bonds. The molecule has 80 valence electrons. The van der Waals surface area contributed by atoms with Gasteiger partial charge in [-0.25, -0.2) is 13.8 Å². The summed E-state index contributed by atoms with van der Waals surface area (Å²) in [6.07, 6.45) is 0. The molecule has 0 saturated carbocycles. The number of nitrogens with one attached hydrogen (secondary N) is 1. The number of nitrogens with zero attached hydrogens (tertiary/aromatic N) is 1. The van der Waals surface area contributed by atoms with Gasteiger partial charge in [-0.15, -0.1) is 0 Å². The van der Waals surface area contributed by atoms with Gasteiger partial charge in [0.1, 0.15) is 11.3 Å². The number of benzene rings is 1. The van der Waals surface area contributed by atoms with Gasteiger partial charge in [0.15, 0.2) is 11.6 Å². The molecule has 0 spiro atoms. The van der Waals surface area contributed by atoms with Gasteiger partial charge < -0.3 is 4.98 Å². The lowest BCUT2D eigenvalue weighted by Gasteiger charge is -2.13. The third kappa shape index (κ3) is 1.60. The summed E-state index contributed by atoms with van der Waals surface area (Å²) in [7, 11) is 0. The summed E-state index contributed by atoms with van der Waals surface area (Å²) < 4.78 is 26.3. The van der Waals surface area contributed by atoms with E-state index in [0.29, 0.717) is 11.3 Å². The molecule has 0 atom stereocenters. The Labute approximate surface area is 86.3 Å². The zero-order valence-corrected chi connectivity index (χ0v) is 8.86. The fraction of sp³-hybridized carbons (Fsp3) is 0.364. The van der Waals surface area contributed by atoms with E-state index in [2.05, 4.69) is 9.97 Å². The minimum atomic E-state index is -0.865. The Morgan fingerprint density at radius 2 is 1.87 bits per heavy atom. The van der Waals surface area contributed by atoms with Crippen molar-refractivity contribution in [2.24, 2.45) is 0 Å². The van der Waals surface area contributed by atoms with Crippen molar-refractivity contribution in [3.05, 3.63) is 29.6 Å². The van der Waals surface area contributed by atoms with Crippen LogP contribution in [0, 0.1) is 11.6 Å². The zero-order chi connectivity index (χ0) is 11.2. The predicted octanol–water partition coefficient (Wildman–Crippen LogP) is 3.14. The Morgan fingerprint density at radius 1 is 1.20 bits per heavy atom. The lowest BCUT2D eigenvalue weighted by Crippen LogP contribution is -2.13. The van der Waals surface area contributed by atoms with Gasteiger partial charge in [0, 0.05) is 5.41 Å². The highest BCUT2D eigenvalue weighted by atomic mass is 19.2. The topological polar surface area (TPSA) is 28.7 Å². The summed E-state index contributed by atoms with van der Waals surface area (Å²) in [5.74, 6) is -1.07. The second-order valence-electron chi connectivity index (χ2n) is 4.59. The summed E-state index contributed by atoms with van der Waals surface area (Å²) in [4.78, 5) is 7.04. The van der Waals surface area contributed by atoms with E-state index < -0.39 is 11.6 Å². The zero-order valence-electron chi connectivity index (χ0n) is 8.86. The van der Waals surface area contributed by atoms with Crippen LogP contribution in [0.15, 0.2) is 12.1 Å². The van der Waals surface area contributed by atoms with Gasteiger partial charge in [-0.3, -0.25) is 0 Å². The number of aromatic nitrogens is 2. The van der Waals surface area contributed by atoms with Crippen LogP contribution in [0.25, 0.3) is 11.0 Å². The van der Waals surface area contributed by atoms with E-state index in [4.69, 9.17) is 0 Å². The molecule has 2 aromatic rings. The standard InChI is InChI=1S/C11H12F2N2/c1-11(2,3)10-14-7-5-4-6(12)8(13)9(7)15-10/h4-5H,1-3H3,(H,14,15). The van der Waals surface area contributed by atoms with Gasteiger partial charge in [-0.05, 0) is 12.1 Å². The number of hydrogen-bond acceptors (Lipinski definition) is 1. The SMILES string of the molecule is CC(C)(C)c1nc2ccc(F)c(F)c2[nH]1. The maximum atomic E-state index is 13.4. The van der Waals surface area contributed by atoms with Gasteiger partial charge in [-0.1, -0.05) is 20.8 Å². The molecule has 2 rings (SSSR count). The van der Waals surface area contributed by atoms with Gasteiger partial charge >= 0.3 is 0 Å². The predicted molar refractivity (Wildman–Crippen MR) is 54.7 cm³/mol. The summed E-state index contributed by atoms with van der Waals surface area (Å²) in [5, 5.41) is 0. The Kier molecular flexibility index (Phi) is 2.03. The molecule has 0 saturated heterocycles. The number of aromatic amines is 1. The summed E-state index contributed by atoms with van der Waals surface area (Å²) in [6, 6.07) is 2.56. The molecule has 1 heterocycles. The molecule has 15 heavy (non-hydrogen) atoms. The third-order valence-electron chi connectivity index (χ3n) is 2.26. The third-order valence-corrected chi connectivity index (χ3v) is 2.26. The lowest BCUT2D eigenvalue weighted by atomic mass is 9.96. The van der Waals surface area contributed by atoms with Crippen LogP contribution >= 0.6 is 0 Å². The van der Waals surface area contributed by atoms with E-state index in [1.165, 1.54) is 6.07 Å². The smallest absolute Gasteiger partial charge is 0.184 e. The number of imidazole rings is 1. The van der Waals surface area contributed by atoms with Crippen molar-refractivity contribution in [2.45, 2.75) is 26.2 Å². The molecular weight excluding hydrogens is 198 g/mol. The van der Waals surface area contributed by atoms with Crippen molar-refractivity contribution in [1.82, 2.24) is 9.97 Å². The van der Waals surface area contributed by atoms with E-state index in [1.54, 1.807) is 0 Å². The Bertz CT molecular complexity index is 509. The van der Waals surface area contributed by atoms with E-state index in [1.807, 2.05) is 20.8 Å². The van der Waals surface area contributed by atoms with Crippen molar-refractivity contribution in [3.63, 3.8) is 0 Å². The van der Waals surface area contributed by atoms with Gasteiger partial charge in [0.2, 0.25) is 0 Å². The second-order valence-corrected chi connectivity index (χ2v) is 4.59. The first kappa shape index (κ1) is 10.1. The quantitative estimate of drug-likeness (QED) is 0.711. The average Bonchev–Trinajstić information content (AvgIpc) is 2.55. The molecular formula is C11H12F2N2. The molecule has 1 N–H and O–H groups in total. The Morgan fingerprint density at radius 3 is 2.47 bits per heavy atom. The monoisotopic (exact) mass is 210 g/mol. The van der Waals surface area contributed by atoms with E-state index in [9.17, 15) is 8.78 Å². The molecule has 1 aromatic carbocycles. The van der Waals surface area contributed by atoms with Crippen molar-refractivity contribution >= 4 is 11.0 Å². The van der Waals surface area contributed by atoms with Gasteiger partial charge in [-0.2, -0.15) is 0 Å². The van der Waals surface area contributed by atoms with Gasteiger partial charge in [0.05, 0.1) is 5.52 Å². The summed E-state index contributed by atoms with van der Waals surface area (Å²) >= 11 is 0. The first-order valence-electron chi connectivity index (χ1n) is 4.74. The number of halogens is 2. The van der Waals surface area contributed by atoms with E-state index in [-0.39, 0.29) is 10.9 Å². The number of H-pyrrole nitrogens is 1. The molecule has 0 fully saturated rings. The highest BCUT2D eigenvalue weighted by Crippen LogP contribution is 2.24.